The van der Waals surface area contributed by atoms with Crippen LogP contribution >= 0.6 is 0 Å². The number of nitrogens with one attached hydrogen (secondary N) is 1. The number of rotatable bonds is 7. The first-order valence-corrected chi connectivity index (χ1v) is 19.5. The number of hydrogen-bond donors (Lipinski definition) is 2. The second kappa shape index (κ2) is 12.0. The minimum absolute atomic E-state index is 0.00319. The Labute approximate surface area is 294 Å². The lowest BCUT2D eigenvalue weighted by Gasteiger charge is -2.72. The molecule has 1 aromatic carbocycles. The van der Waals surface area contributed by atoms with Crippen LogP contribution in [0.1, 0.15) is 128 Å². The van der Waals surface area contributed by atoms with Crippen molar-refractivity contribution in [2.75, 3.05) is 26.2 Å². The Morgan fingerprint density at radius 2 is 1.59 bits per heavy atom. The van der Waals surface area contributed by atoms with E-state index >= 15 is 0 Å². The largest absolute Gasteiger partial charge is 0.478 e. The number of nitrogens with zero attached hydrogens (tertiary/aromatic N) is 1. The van der Waals surface area contributed by atoms with Crippen molar-refractivity contribution in [3.05, 3.63) is 53.6 Å². The van der Waals surface area contributed by atoms with Crippen LogP contribution in [0.5, 0.6) is 0 Å². The molecule has 0 aromatic heterocycles. The molecule has 9 atom stereocenters. The van der Waals surface area contributed by atoms with Crippen LogP contribution in [0.25, 0.3) is 5.57 Å². The molecule has 0 amide bonds. The number of fused-ring (bicyclic) bond motifs is 7. The first kappa shape index (κ1) is 35.4. The predicted molar refractivity (Wildman–Crippen MR) is 195 cm³/mol. The summed E-state index contributed by atoms with van der Waals surface area (Å²) in [6.45, 7) is 22.5. The van der Waals surface area contributed by atoms with Gasteiger partial charge in [-0.25, -0.2) is 13.6 Å². The van der Waals surface area contributed by atoms with Crippen molar-refractivity contribution in [1.82, 2.24) is 10.2 Å². The normalized spacial score (nSPS) is 42.6. The number of aromatic carboxylic acids is 1. The van der Waals surface area contributed by atoms with Crippen molar-refractivity contribution in [2.45, 2.75) is 124 Å². The number of benzene rings is 1. The van der Waals surface area contributed by atoms with E-state index in [9.17, 15) is 18.7 Å². The van der Waals surface area contributed by atoms with E-state index < -0.39 is 11.9 Å². The topological polar surface area (TPSA) is 52.6 Å². The highest BCUT2D eigenvalue weighted by Crippen LogP contribution is 2.76. The zero-order valence-electron chi connectivity index (χ0n) is 31.1. The summed E-state index contributed by atoms with van der Waals surface area (Å²) in [4.78, 5) is 13.8. The van der Waals surface area contributed by atoms with Gasteiger partial charge in [-0.05, 0) is 139 Å². The Hall–Kier alpha value is -2.05. The van der Waals surface area contributed by atoms with Gasteiger partial charge in [0.05, 0.1) is 5.56 Å². The third kappa shape index (κ3) is 5.42. The fourth-order valence-corrected chi connectivity index (χ4v) is 13.9. The van der Waals surface area contributed by atoms with E-state index in [4.69, 9.17) is 0 Å². The molecule has 0 bridgehead atoms. The molecular weight excluding hydrogens is 614 g/mol. The molecule has 1 aliphatic heterocycles. The van der Waals surface area contributed by atoms with Crippen LogP contribution in [0.15, 0.2) is 42.5 Å². The van der Waals surface area contributed by atoms with Crippen LogP contribution < -0.4 is 5.32 Å². The van der Waals surface area contributed by atoms with E-state index in [1.54, 1.807) is 12.1 Å². The average molecular weight is 677 g/mol. The van der Waals surface area contributed by atoms with Crippen molar-refractivity contribution in [3.63, 3.8) is 0 Å². The second-order valence-electron chi connectivity index (χ2n) is 18.9. The van der Waals surface area contributed by atoms with E-state index in [1.165, 1.54) is 68.1 Å². The third-order valence-electron chi connectivity index (χ3n) is 16.6. The van der Waals surface area contributed by atoms with E-state index in [-0.39, 0.29) is 40.0 Å². The summed E-state index contributed by atoms with van der Waals surface area (Å²) in [5.74, 6) is -0.343. The van der Waals surface area contributed by atoms with Gasteiger partial charge in [0.15, 0.2) is 0 Å². The molecule has 6 aliphatic rings. The first-order valence-electron chi connectivity index (χ1n) is 19.5. The predicted octanol–water partition coefficient (Wildman–Crippen LogP) is 10.1. The van der Waals surface area contributed by atoms with Gasteiger partial charge in [-0.1, -0.05) is 65.0 Å². The second-order valence-corrected chi connectivity index (χ2v) is 18.9. The number of carboxylic acids is 1. The number of piperidine rings is 1. The van der Waals surface area contributed by atoms with E-state index in [2.05, 4.69) is 64.4 Å². The van der Waals surface area contributed by atoms with Gasteiger partial charge in [0, 0.05) is 44.6 Å². The van der Waals surface area contributed by atoms with Crippen molar-refractivity contribution in [1.29, 1.82) is 0 Å². The summed E-state index contributed by atoms with van der Waals surface area (Å²) in [5, 5.41) is 13.6. The van der Waals surface area contributed by atoms with Gasteiger partial charge in [0.2, 0.25) is 0 Å². The highest BCUT2D eigenvalue weighted by Gasteiger charge is 2.70. The minimum atomic E-state index is -2.49. The maximum Gasteiger partial charge on any atom is 0.335 e. The maximum atomic E-state index is 13.8. The number of carboxylic acid groups (broad SMARTS) is 1. The lowest BCUT2D eigenvalue weighted by atomic mass is 9.33. The molecule has 5 aliphatic carbocycles. The highest BCUT2D eigenvalue weighted by atomic mass is 19.3. The number of likely N-dealkylation sites (tertiary alicyclic amines) is 1. The van der Waals surface area contributed by atoms with Gasteiger partial charge in [-0.3, -0.25) is 0 Å². The van der Waals surface area contributed by atoms with Gasteiger partial charge in [-0.2, -0.15) is 0 Å². The zero-order chi connectivity index (χ0) is 35.2. The fourth-order valence-electron chi connectivity index (χ4n) is 13.9. The number of allylic oxidation sites excluding steroid dienone is 3. The zero-order valence-corrected chi connectivity index (χ0v) is 31.1. The summed E-state index contributed by atoms with van der Waals surface area (Å²) in [6.07, 6.45) is 13.5. The minimum Gasteiger partial charge on any atom is -0.478 e. The summed E-state index contributed by atoms with van der Waals surface area (Å²) in [5.41, 5.74) is 5.12. The molecule has 6 heteroatoms. The monoisotopic (exact) mass is 676 g/mol. The average Bonchev–Trinajstić information content (AvgIpc) is 3.42. The van der Waals surface area contributed by atoms with Crippen molar-refractivity contribution in [3.8, 4) is 0 Å². The maximum absolute atomic E-state index is 13.8. The molecule has 0 radical (unpaired) electrons. The smallest absolute Gasteiger partial charge is 0.335 e. The Kier molecular flexibility index (Phi) is 8.66. The van der Waals surface area contributed by atoms with Crippen molar-refractivity contribution >= 4 is 11.5 Å². The quantitative estimate of drug-likeness (QED) is 0.282. The number of alkyl halides is 2. The number of hydrogen-bond acceptors (Lipinski definition) is 3. The van der Waals surface area contributed by atoms with E-state index in [1.807, 2.05) is 12.1 Å². The molecule has 0 unspecified atom stereocenters. The van der Waals surface area contributed by atoms with Crippen LogP contribution in [0.3, 0.4) is 0 Å². The molecule has 1 saturated heterocycles. The number of carbonyl (C=O) groups is 1. The van der Waals surface area contributed by atoms with Crippen molar-refractivity contribution < 1.29 is 18.7 Å². The summed E-state index contributed by atoms with van der Waals surface area (Å²) >= 11 is 0. The lowest BCUT2D eigenvalue weighted by Crippen LogP contribution is -2.68. The molecule has 270 valence electrons. The summed E-state index contributed by atoms with van der Waals surface area (Å²) in [6, 6.07) is 7.56. The number of halogens is 2. The molecule has 49 heavy (non-hydrogen) atoms. The van der Waals surface area contributed by atoms with Crippen LogP contribution in [0.2, 0.25) is 0 Å². The van der Waals surface area contributed by atoms with E-state index in [0.29, 0.717) is 48.2 Å². The Morgan fingerprint density at radius 3 is 2.24 bits per heavy atom. The molecule has 2 N–H and O–H groups in total. The Balaban J connectivity index is 1.14. The lowest BCUT2D eigenvalue weighted by molar-refractivity contribution is -0.219. The van der Waals surface area contributed by atoms with Gasteiger partial charge < -0.3 is 15.3 Å². The van der Waals surface area contributed by atoms with Gasteiger partial charge in [0.1, 0.15) is 0 Å². The molecule has 7 rings (SSSR count). The fraction of sp³-hybridized carbons (Fsp3) is 0.744. The summed E-state index contributed by atoms with van der Waals surface area (Å²) < 4.78 is 27.7. The van der Waals surface area contributed by atoms with Crippen LogP contribution in [-0.4, -0.2) is 53.6 Å². The Bertz CT molecular complexity index is 1490. The molecular formula is C43H62F2N2O2. The Morgan fingerprint density at radius 1 is 0.898 bits per heavy atom. The molecule has 4 saturated carbocycles. The van der Waals surface area contributed by atoms with E-state index in [0.717, 1.165) is 19.5 Å². The standard InChI is InChI=1S/C43H62F2N2O2/c1-28(2)31-14-19-42(46-24-27-47-25-22-43(44,45)23-26-47)21-20-40(6)33(36(31)42)12-13-35-39(5)17-15-32(29-8-10-30(11-9-29)37(48)49)38(3,4)34(39)16-18-41(35,40)7/h8-11,15,31,33-36,46H,1,12-14,16-27H2,2-7H3,(H,48,49)/t31-,33+,34-,35+,36+,39-,40+,41+,42-/m0/s1. The third-order valence-corrected chi connectivity index (χ3v) is 16.6. The first-order chi connectivity index (χ1) is 23.0. The highest BCUT2D eigenvalue weighted by molar-refractivity contribution is 5.88. The SMILES string of the molecule is C=C(C)[C@@H]1CC[C@]2(NCCN3CCC(F)(F)CC3)CC[C@]3(C)[C@H](CC[C@@H]4[C@@]5(C)CC=C(c6ccc(C(=O)O)cc6)C(C)(C)[C@@H]5CC[C@]43C)[C@@H]12. The molecule has 4 nitrogen and oxygen atoms in total. The molecule has 1 heterocycles. The van der Waals surface area contributed by atoms with Gasteiger partial charge >= 0.3 is 5.97 Å². The molecule has 0 spiro atoms. The van der Waals surface area contributed by atoms with Crippen LogP contribution in [0, 0.1) is 51.2 Å². The van der Waals surface area contributed by atoms with Gasteiger partial charge in [0.25, 0.3) is 5.92 Å². The van der Waals surface area contributed by atoms with Crippen molar-refractivity contribution in [2.24, 2.45) is 51.2 Å². The van der Waals surface area contributed by atoms with Crippen LogP contribution in [0.4, 0.5) is 8.78 Å². The molecule has 1 aromatic rings. The molecule has 5 fully saturated rings. The summed E-state index contributed by atoms with van der Waals surface area (Å²) in [7, 11) is 0. The van der Waals surface area contributed by atoms with Gasteiger partial charge in [-0.15, -0.1) is 0 Å². The van der Waals surface area contributed by atoms with Crippen LogP contribution in [-0.2, 0) is 0 Å².